The van der Waals surface area contributed by atoms with Crippen molar-refractivity contribution in [3.8, 4) is 6.07 Å². The molecule has 0 saturated heterocycles. The summed E-state index contributed by atoms with van der Waals surface area (Å²) in [6.45, 7) is 3.24. The van der Waals surface area contributed by atoms with Gasteiger partial charge in [0.15, 0.2) is 0 Å². The van der Waals surface area contributed by atoms with Crippen molar-refractivity contribution in [2.45, 2.75) is 13.8 Å². The number of nitriles is 1. The Morgan fingerprint density at radius 2 is 1.85 bits per heavy atom. The predicted octanol–water partition coefficient (Wildman–Crippen LogP) is 4.06. The average Bonchev–Trinajstić information content (AvgIpc) is 2.58. The van der Waals surface area contributed by atoms with Gasteiger partial charge in [-0.05, 0) is 42.8 Å². The van der Waals surface area contributed by atoms with Crippen molar-refractivity contribution in [1.82, 2.24) is 0 Å². The molecule has 2 aromatic rings. The maximum Gasteiger partial charge on any atom is 0.267 e. The molecule has 2 aromatic carbocycles. The van der Waals surface area contributed by atoms with Gasteiger partial charge in [-0.15, -0.1) is 0 Å². The zero-order chi connectivity index (χ0) is 19.1. The summed E-state index contributed by atoms with van der Waals surface area (Å²) in [5.74, 6) is -0.741. The predicted molar refractivity (Wildman–Crippen MR) is 103 cm³/mol. The summed E-state index contributed by atoms with van der Waals surface area (Å²) in [6, 6.07) is 13.9. The second-order valence-corrected chi connectivity index (χ2v) is 5.93. The van der Waals surface area contributed by atoms with Crippen LogP contribution < -0.4 is 16.0 Å². The zero-order valence-corrected chi connectivity index (χ0v) is 15.0. The number of aryl methyl sites for hydroxylation is 1. The van der Waals surface area contributed by atoms with Crippen molar-refractivity contribution in [1.29, 1.82) is 5.26 Å². The lowest BCUT2D eigenvalue weighted by molar-refractivity contribution is -0.114. The Morgan fingerprint density at radius 1 is 1.12 bits per heavy atom. The number of amides is 2. The third-order valence-electron chi connectivity index (χ3n) is 3.38. The molecule has 2 amide bonds. The largest absolute Gasteiger partial charge is 0.360 e. The molecule has 0 radical (unpaired) electrons. The minimum absolute atomic E-state index is 0.102. The van der Waals surface area contributed by atoms with E-state index in [0.717, 1.165) is 5.56 Å². The minimum Gasteiger partial charge on any atom is -0.360 e. The number of hydrogen-bond acceptors (Lipinski definition) is 4. The Morgan fingerprint density at radius 3 is 2.54 bits per heavy atom. The summed E-state index contributed by atoms with van der Waals surface area (Å²) in [5.41, 5.74) is 2.49. The molecule has 3 N–H and O–H groups in total. The van der Waals surface area contributed by atoms with Crippen LogP contribution in [0, 0.1) is 18.3 Å². The van der Waals surface area contributed by atoms with E-state index in [1.54, 1.807) is 42.5 Å². The Hall–Kier alpha value is -3.30. The Bertz CT molecular complexity index is 916. The fourth-order valence-electron chi connectivity index (χ4n) is 2.11. The number of carbonyl (C=O) groups excluding carboxylic acids is 2. The van der Waals surface area contributed by atoms with Crippen LogP contribution in [0.3, 0.4) is 0 Å². The van der Waals surface area contributed by atoms with Crippen molar-refractivity contribution in [2.24, 2.45) is 0 Å². The van der Waals surface area contributed by atoms with Crippen LogP contribution in [0.25, 0.3) is 0 Å². The number of halogens is 1. The summed E-state index contributed by atoms with van der Waals surface area (Å²) >= 11 is 5.93. The van der Waals surface area contributed by atoms with Gasteiger partial charge in [-0.1, -0.05) is 23.7 Å². The van der Waals surface area contributed by atoms with E-state index in [2.05, 4.69) is 16.0 Å². The van der Waals surface area contributed by atoms with E-state index in [1.165, 1.54) is 13.1 Å². The van der Waals surface area contributed by atoms with E-state index in [0.29, 0.717) is 22.1 Å². The maximum absolute atomic E-state index is 12.3. The van der Waals surface area contributed by atoms with Crippen LogP contribution in [0.15, 0.2) is 54.2 Å². The molecule has 0 spiro atoms. The fraction of sp³-hybridized carbons (Fsp3) is 0.105. The smallest absolute Gasteiger partial charge is 0.267 e. The van der Waals surface area contributed by atoms with Crippen molar-refractivity contribution in [2.75, 3.05) is 16.0 Å². The Balaban J connectivity index is 2.12. The Labute approximate surface area is 156 Å². The van der Waals surface area contributed by atoms with Gasteiger partial charge in [0.2, 0.25) is 5.91 Å². The van der Waals surface area contributed by atoms with Gasteiger partial charge < -0.3 is 16.0 Å². The molecule has 0 fully saturated rings. The maximum atomic E-state index is 12.3. The van der Waals surface area contributed by atoms with Crippen LogP contribution in [0.1, 0.15) is 12.5 Å². The van der Waals surface area contributed by atoms with Gasteiger partial charge in [0.1, 0.15) is 11.6 Å². The van der Waals surface area contributed by atoms with Crippen LogP contribution >= 0.6 is 11.6 Å². The summed E-state index contributed by atoms with van der Waals surface area (Å²) in [4.78, 5) is 23.4. The topological polar surface area (TPSA) is 94.0 Å². The molecular weight excluding hydrogens is 352 g/mol. The number of hydrogen-bond donors (Lipinski definition) is 3. The lowest BCUT2D eigenvalue weighted by Crippen LogP contribution is -2.15. The van der Waals surface area contributed by atoms with E-state index in [9.17, 15) is 14.9 Å². The molecular formula is C19H17ClN4O2. The molecule has 0 atom stereocenters. The highest BCUT2D eigenvalue weighted by Gasteiger charge is 2.11. The highest BCUT2D eigenvalue weighted by molar-refractivity contribution is 6.31. The first-order valence-electron chi connectivity index (χ1n) is 7.71. The van der Waals surface area contributed by atoms with E-state index in [4.69, 9.17) is 11.6 Å². The molecule has 0 aliphatic heterocycles. The Kier molecular flexibility index (Phi) is 6.36. The summed E-state index contributed by atoms with van der Waals surface area (Å²) in [7, 11) is 0. The highest BCUT2D eigenvalue weighted by Crippen LogP contribution is 2.21. The van der Waals surface area contributed by atoms with Gasteiger partial charge in [-0.2, -0.15) is 5.26 Å². The number of benzene rings is 2. The van der Waals surface area contributed by atoms with Crippen molar-refractivity contribution in [3.63, 3.8) is 0 Å². The third kappa shape index (κ3) is 5.36. The molecule has 0 aromatic heterocycles. The zero-order valence-electron chi connectivity index (χ0n) is 14.3. The lowest BCUT2D eigenvalue weighted by atomic mass is 10.2. The number of rotatable bonds is 5. The van der Waals surface area contributed by atoms with E-state index >= 15 is 0 Å². The molecule has 0 saturated carbocycles. The standard InChI is InChI=1S/C19H17ClN4O2/c1-12-6-7-15(20)8-18(12)24-19(26)14(10-21)11-22-16-4-3-5-17(9-16)23-13(2)25/h3-9,11,22H,1-2H3,(H,23,25)(H,24,26)/b14-11-. The van der Waals surface area contributed by atoms with Crippen LogP contribution in [0.5, 0.6) is 0 Å². The lowest BCUT2D eigenvalue weighted by Gasteiger charge is -2.09. The second-order valence-electron chi connectivity index (χ2n) is 5.49. The van der Waals surface area contributed by atoms with Crippen LogP contribution in [0.2, 0.25) is 5.02 Å². The minimum atomic E-state index is -0.552. The molecule has 26 heavy (non-hydrogen) atoms. The normalized spacial score (nSPS) is 10.6. The molecule has 7 heteroatoms. The fourth-order valence-corrected chi connectivity index (χ4v) is 2.28. The van der Waals surface area contributed by atoms with Crippen molar-refractivity contribution < 1.29 is 9.59 Å². The number of nitrogens with zero attached hydrogens (tertiary/aromatic N) is 1. The molecule has 6 nitrogen and oxygen atoms in total. The van der Waals surface area contributed by atoms with E-state index in [1.807, 2.05) is 13.0 Å². The van der Waals surface area contributed by atoms with Crippen LogP contribution in [-0.2, 0) is 9.59 Å². The van der Waals surface area contributed by atoms with Gasteiger partial charge in [0.25, 0.3) is 5.91 Å². The monoisotopic (exact) mass is 368 g/mol. The van der Waals surface area contributed by atoms with Crippen molar-refractivity contribution in [3.05, 3.63) is 64.8 Å². The number of nitrogens with one attached hydrogen (secondary N) is 3. The quantitative estimate of drug-likeness (QED) is 0.547. The second kappa shape index (κ2) is 8.70. The van der Waals surface area contributed by atoms with Crippen LogP contribution in [0.4, 0.5) is 17.1 Å². The first kappa shape index (κ1) is 19.0. The van der Waals surface area contributed by atoms with Crippen LogP contribution in [-0.4, -0.2) is 11.8 Å². The van der Waals surface area contributed by atoms with Crippen molar-refractivity contribution >= 4 is 40.5 Å². The first-order chi connectivity index (χ1) is 12.4. The summed E-state index contributed by atoms with van der Waals surface area (Å²) < 4.78 is 0. The first-order valence-corrected chi connectivity index (χ1v) is 8.09. The average molecular weight is 369 g/mol. The van der Waals surface area contributed by atoms with Gasteiger partial charge in [-0.25, -0.2) is 0 Å². The van der Waals surface area contributed by atoms with Gasteiger partial charge >= 0.3 is 0 Å². The number of anilines is 3. The summed E-state index contributed by atoms with van der Waals surface area (Å²) in [6.07, 6.45) is 1.31. The van der Waals surface area contributed by atoms with E-state index in [-0.39, 0.29) is 11.5 Å². The van der Waals surface area contributed by atoms with Gasteiger partial charge in [0, 0.05) is 35.2 Å². The highest BCUT2D eigenvalue weighted by atomic mass is 35.5. The molecule has 0 aliphatic carbocycles. The molecule has 0 unspecified atom stereocenters. The SMILES string of the molecule is CC(=O)Nc1cccc(N/C=C(/C#N)C(=O)Nc2cc(Cl)ccc2C)c1. The summed E-state index contributed by atoms with van der Waals surface area (Å²) in [5, 5.41) is 17.9. The van der Waals surface area contributed by atoms with E-state index < -0.39 is 5.91 Å². The van der Waals surface area contributed by atoms with Gasteiger partial charge in [0.05, 0.1) is 0 Å². The molecule has 0 aliphatic rings. The molecule has 132 valence electrons. The molecule has 0 bridgehead atoms. The number of carbonyl (C=O) groups is 2. The molecule has 2 rings (SSSR count). The third-order valence-corrected chi connectivity index (χ3v) is 3.61. The molecule has 0 heterocycles. The van der Waals surface area contributed by atoms with Gasteiger partial charge in [-0.3, -0.25) is 9.59 Å².